The first-order valence-electron chi connectivity index (χ1n) is 16.1. The number of hydrogen-bond acceptors (Lipinski definition) is 8. The van der Waals surface area contributed by atoms with Crippen molar-refractivity contribution in [1.29, 1.82) is 0 Å². The number of unbranched alkanes of at least 4 members (excludes halogenated alkanes) is 1. The van der Waals surface area contributed by atoms with Gasteiger partial charge in [-0.05, 0) is 55.6 Å². The average Bonchev–Trinajstić information content (AvgIpc) is 3.01. The highest BCUT2D eigenvalue weighted by Crippen LogP contribution is 2.24. The van der Waals surface area contributed by atoms with Gasteiger partial charge in [-0.1, -0.05) is 39.8 Å². The van der Waals surface area contributed by atoms with Crippen molar-refractivity contribution >= 4 is 30.1 Å². The van der Waals surface area contributed by atoms with Crippen LogP contribution in [-0.2, 0) is 19.1 Å². The van der Waals surface area contributed by atoms with E-state index in [9.17, 15) is 19.5 Å². The normalized spacial score (nSPS) is 16.0. The summed E-state index contributed by atoms with van der Waals surface area (Å²) in [6, 6.07) is 6.62. The van der Waals surface area contributed by atoms with Crippen LogP contribution in [0, 0.1) is 23.7 Å². The number of para-hydroxylation sites is 1. The minimum atomic E-state index is -0.896. The molecule has 0 aromatic heterocycles. The molecule has 3 amide bonds. The molecular weight excluding hydrogens is 600 g/mol. The van der Waals surface area contributed by atoms with Crippen LogP contribution in [0.1, 0.15) is 70.2 Å². The van der Waals surface area contributed by atoms with Crippen molar-refractivity contribution in [1.82, 2.24) is 15.5 Å². The number of nitrogens with zero attached hydrogens (tertiary/aromatic N) is 1. The molecule has 0 unspecified atom stereocenters. The molecule has 0 bridgehead atoms. The Morgan fingerprint density at radius 3 is 2.31 bits per heavy atom. The molecule has 5 N–H and O–H groups in total. The lowest BCUT2D eigenvalue weighted by molar-refractivity contribution is -0.135. The van der Waals surface area contributed by atoms with E-state index in [4.69, 9.17) is 19.9 Å². The standard InChI is InChI=1S/C33H56N4O7.ClH/c1-23(2)25(22-36-32(40)26-10-6-7-11-30(26)44-17-9-8-16-42-5)20-28(34)29(38)21-27(24(3)4)33(41)35-13-12-31(39)37-14-18-43-19-15-37;/h6-7,10-11,23-25,27-29,38H,8-9,12-22,34H2,1-5H3,(H,35,41)(H,36,40);1H/t25-,27+,28+,29+;/m1./s1. The van der Waals surface area contributed by atoms with E-state index in [-0.39, 0.29) is 67.3 Å². The number of nitrogens with two attached hydrogens (primary N) is 1. The number of ether oxygens (including phenoxy) is 3. The number of morpholine rings is 1. The summed E-state index contributed by atoms with van der Waals surface area (Å²) in [6.45, 7) is 12.0. The molecule has 258 valence electrons. The van der Waals surface area contributed by atoms with Crippen LogP contribution in [0.25, 0.3) is 0 Å². The van der Waals surface area contributed by atoms with E-state index >= 15 is 0 Å². The number of carbonyl (C=O) groups excluding carboxylic acids is 3. The summed E-state index contributed by atoms with van der Waals surface area (Å²) in [7, 11) is 1.67. The number of nitrogens with one attached hydrogen (secondary N) is 2. The van der Waals surface area contributed by atoms with Crippen LogP contribution in [0.5, 0.6) is 5.75 Å². The Bertz CT molecular complexity index is 1010. The largest absolute Gasteiger partial charge is 0.493 e. The Balaban J connectivity index is 0.0000101. The highest BCUT2D eigenvalue weighted by atomic mass is 35.5. The van der Waals surface area contributed by atoms with E-state index in [0.29, 0.717) is 63.8 Å². The fourth-order valence-corrected chi connectivity index (χ4v) is 5.24. The Hall–Kier alpha value is -2.44. The van der Waals surface area contributed by atoms with Gasteiger partial charge in [0.25, 0.3) is 5.91 Å². The Kier molecular flexibility index (Phi) is 20.0. The molecule has 1 aromatic carbocycles. The van der Waals surface area contributed by atoms with Gasteiger partial charge in [0.05, 0.1) is 31.5 Å². The third-order valence-electron chi connectivity index (χ3n) is 8.31. The lowest BCUT2D eigenvalue weighted by Crippen LogP contribution is -2.45. The monoisotopic (exact) mass is 656 g/mol. The molecule has 0 saturated carbocycles. The van der Waals surface area contributed by atoms with Crippen LogP contribution in [0.3, 0.4) is 0 Å². The summed E-state index contributed by atoms with van der Waals surface area (Å²) in [6.07, 6.45) is 1.74. The second-order valence-electron chi connectivity index (χ2n) is 12.3. The molecule has 0 radical (unpaired) electrons. The zero-order chi connectivity index (χ0) is 32.5. The van der Waals surface area contributed by atoms with E-state index < -0.39 is 18.1 Å². The molecule has 1 saturated heterocycles. The summed E-state index contributed by atoms with van der Waals surface area (Å²) in [5.41, 5.74) is 6.95. The minimum Gasteiger partial charge on any atom is -0.493 e. The van der Waals surface area contributed by atoms with E-state index in [0.717, 1.165) is 12.8 Å². The van der Waals surface area contributed by atoms with Gasteiger partial charge in [0.2, 0.25) is 11.8 Å². The number of carbonyl (C=O) groups is 3. The first-order chi connectivity index (χ1) is 21.0. The van der Waals surface area contributed by atoms with Crippen molar-refractivity contribution in [2.75, 3.05) is 59.7 Å². The highest BCUT2D eigenvalue weighted by molar-refractivity contribution is 5.96. The maximum absolute atomic E-state index is 13.1. The SMILES string of the molecule is COCCCCOc1ccccc1C(=O)NC[C@@H](C[C@H](N)[C@@H](O)C[C@H](C(=O)NCCC(=O)N1CCOCC1)C(C)C)C(C)C.Cl. The maximum Gasteiger partial charge on any atom is 0.255 e. The quantitative estimate of drug-likeness (QED) is 0.156. The summed E-state index contributed by atoms with van der Waals surface area (Å²) in [5, 5.41) is 16.9. The van der Waals surface area contributed by atoms with Crippen molar-refractivity contribution in [3.05, 3.63) is 29.8 Å². The van der Waals surface area contributed by atoms with Crippen LogP contribution >= 0.6 is 12.4 Å². The van der Waals surface area contributed by atoms with Gasteiger partial charge < -0.3 is 40.6 Å². The number of halogens is 1. The molecule has 1 fully saturated rings. The van der Waals surface area contributed by atoms with Crippen molar-refractivity contribution in [2.24, 2.45) is 29.4 Å². The van der Waals surface area contributed by atoms with Gasteiger partial charge >= 0.3 is 0 Å². The van der Waals surface area contributed by atoms with Gasteiger partial charge in [-0.3, -0.25) is 14.4 Å². The van der Waals surface area contributed by atoms with Crippen LogP contribution in [0.2, 0.25) is 0 Å². The van der Waals surface area contributed by atoms with Crippen molar-refractivity contribution < 1.29 is 33.7 Å². The average molecular weight is 657 g/mol. The number of methoxy groups -OCH3 is 1. The fraction of sp³-hybridized carbons (Fsp3) is 0.727. The Morgan fingerprint density at radius 2 is 1.67 bits per heavy atom. The molecule has 4 atom stereocenters. The molecule has 11 nitrogen and oxygen atoms in total. The number of aliphatic hydroxyl groups excluding tert-OH is 1. The second kappa shape index (κ2) is 22.1. The van der Waals surface area contributed by atoms with E-state index in [1.165, 1.54) is 0 Å². The van der Waals surface area contributed by atoms with Gasteiger partial charge in [-0.15, -0.1) is 12.4 Å². The number of aliphatic hydroxyl groups is 1. The topological polar surface area (TPSA) is 152 Å². The zero-order valence-electron chi connectivity index (χ0n) is 27.8. The second-order valence-corrected chi connectivity index (χ2v) is 12.3. The molecule has 1 aromatic rings. The van der Waals surface area contributed by atoms with Crippen LogP contribution in [-0.4, -0.2) is 99.6 Å². The van der Waals surface area contributed by atoms with Gasteiger partial charge in [0.15, 0.2) is 0 Å². The molecule has 0 spiro atoms. The Labute approximate surface area is 275 Å². The number of benzene rings is 1. The molecule has 45 heavy (non-hydrogen) atoms. The van der Waals surface area contributed by atoms with Crippen LogP contribution in [0.4, 0.5) is 0 Å². The number of rotatable bonds is 20. The molecule has 1 aliphatic rings. The minimum absolute atomic E-state index is 0. The van der Waals surface area contributed by atoms with Gasteiger partial charge in [0, 0.05) is 58.3 Å². The predicted molar refractivity (Wildman–Crippen MR) is 178 cm³/mol. The summed E-state index contributed by atoms with van der Waals surface area (Å²) in [4.78, 5) is 40.3. The van der Waals surface area contributed by atoms with Crippen molar-refractivity contribution in [3.63, 3.8) is 0 Å². The third-order valence-corrected chi connectivity index (χ3v) is 8.31. The van der Waals surface area contributed by atoms with E-state index in [2.05, 4.69) is 24.5 Å². The smallest absolute Gasteiger partial charge is 0.255 e. The van der Waals surface area contributed by atoms with Crippen LogP contribution in [0.15, 0.2) is 24.3 Å². The van der Waals surface area contributed by atoms with Crippen LogP contribution < -0.4 is 21.1 Å². The number of hydrogen-bond donors (Lipinski definition) is 4. The predicted octanol–water partition coefficient (Wildman–Crippen LogP) is 3.02. The van der Waals surface area contributed by atoms with Crippen molar-refractivity contribution in [2.45, 2.75) is 71.9 Å². The van der Waals surface area contributed by atoms with Crippen molar-refractivity contribution in [3.8, 4) is 5.75 Å². The first kappa shape index (κ1) is 40.6. The highest BCUT2D eigenvalue weighted by Gasteiger charge is 2.30. The molecule has 2 rings (SSSR count). The molecule has 1 aliphatic heterocycles. The van der Waals surface area contributed by atoms with E-state index in [1.807, 2.05) is 26.0 Å². The first-order valence-corrected chi connectivity index (χ1v) is 16.1. The molecule has 12 heteroatoms. The van der Waals surface area contributed by atoms with E-state index in [1.54, 1.807) is 24.1 Å². The Morgan fingerprint density at radius 1 is 1.00 bits per heavy atom. The van der Waals surface area contributed by atoms with Gasteiger partial charge in [-0.25, -0.2) is 0 Å². The number of amides is 3. The van der Waals surface area contributed by atoms with Gasteiger partial charge in [0.1, 0.15) is 5.75 Å². The lowest BCUT2D eigenvalue weighted by atomic mass is 9.83. The summed E-state index contributed by atoms with van der Waals surface area (Å²) >= 11 is 0. The maximum atomic E-state index is 13.1. The molecule has 1 heterocycles. The zero-order valence-corrected chi connectivity index (χ0v) is 28.6. The third kappa shape index (κ3) is 14.7. The molecule has 0 aliphatic carbocycles. The summed E-state index contributed by atoms with van der Waals surface area (Å²) < 4.78 is 16.2. The lowest BCUT2D eigenvalue weighted by Gasteiger charge is -2.30. The fourth-order valence-electron chi connectivity index (χ4n) is 5.24. The molecular formula is C33H57ClN4O7. The summed E-state index contributed by atoms with van der Waals surface area (Å²) in [5.74, 6) is -0.116. The van der Waals surface area contributed by atoms with Gasteiger partial charge in [-0.2, -0.15) is 0 Å².